The number of carbonyl (C=O) groups is 1. The lowest BCUT2D eigenvalue weighted by Crippen LogP contribution is -2.48. The van der Waals surface area contributed by atoms with Crippen molar-refractivity contribution in [1.29, 1.82) is 0 Å². The van der Waals surface area contributed by atoms with Crippen LogP contribution in [0.2, 0.25) is 0 Å². The van der Waals surface area contributed by atoms with E-state index in [4.69, 9.17) is 0 Å². The van der Waals surface area contributed by atoms with Crippen LogP contribution in [0.15, 0.2) is 79.1 Å². The lowest BCUT2D eigenvalue weighted by atomic mass is 9.96. The molecular formula is C25H22N4O2. The summed E-state index contributed by atoms with van der Waals surface area (Å²) in [5.41, 5.74) is 3.71. The van der Waals surface area contributed by atoms with Crippen molar-refractivity contribution >= 4 is 22.4 Å². The average Bonchev–Trinajstić information content (AvgIpc) is 2.83. The monoisotopic (exact) mass is 410 g/mol. The van der Waals surface area contributed by atoms with Crippen molar-refractivity contribution in [3.05, 3.63) is 84.7 Å². The lowest BCUT2D eigenvalue weighted by Gasteiger charge is -2.36. The van der Waals surface area contributed by atoms with Crippen molar-refractivity contribution in [1.82, 2.24) is 15.1 Å². The Morgan fingerprint density at radius 1 is 0.839 bits per heavy atom. The molecule has 0 saturated carbocycles. The molecule has 0 radical (unpaired) electrons. The first-order chi connectivity index (χ1) is 15.2. The van der Waals surface area contributed by atoms with Gasteiger partial charge in [-0.25, -0.2) is 0 Å². The second-order valence-corrected chi connectivity index (χ2v) is 7.64. The minimum absolute atomic E-state index is 0.0474. The Hall–Kier alpha value is -3.93. The molecule has 6 heteroatoms. The first-order valence-corrected chi connectivity index (χ1v) is 10.3. The molecule has 1 saturated heterocycles. The Kier molecular flexibility index (Phi) is 4.96. The molecule has 1 aliphatic heterocycles. The molecule has 31 heavy (non-hydrogen) atoms. The molecule has 1 aliphatic rings. The Labute approximate surface area is 180 Å². The summed E-state index contributed by atoms with van der Waals surface area (Å²) in [6.07, 6.45) is 3.42. The number of aromatic hydroxyl groups is 1. The van der Waals surface area contributed by atoms with Crippen molar-refractivity contribution in [3.63, 3.8) is 0 Å². The van der Waals surface area contributed by atoms with Crippen LogP contribution in [-0.2, 0) is 0 Å². The maximum Gasteiger partial charge on any atom is 0.254 e. The zero-order chi connectivity index (χ0) is 21.2. The fourth-order valence-corrected chi connectivity index (χ4v) is 4.23. The Morgan fingerprint density at radius 2 is 1.61 bits per heavy atom. The van der Waals surface area contributed by atoms with Crippen LogP contribution in [0.25, 0.3) is 21.9 Å². The number of hydrogen-bond acceptors (Lipinski definition) is 5. The van der Waals surface area contributed by atoms with Gasteiger partial charge in [0.2, 0.25) is 0 Å². The number of phenols is 1. The van der Waals surface area contributed by atoms with Crippen molar-refractivity contribution < 1.29 is 9.90 Å². The number of rotatable bonds is 3. The number of anilines is 1. The van der Waals surface area contributed by atoms with E-state index < -0.39 is 0 Å². The number of phenolic OH excluding ortho intramolecular Hbond substituents is 1. The lowest BCUT2D eigenvalue weighted by molar-refractivity contribution is 0.0748. The number of benzene rings is 3. The van der Waals surface area contributed by atoms with E-state index in [1.54, 1.807) is 24.5 Å². The maximum absolute atomic E-state index is 13.4. The molecule has 0 atom stereocenters. The van der Waals surface area contributed by atoms with Gasteiger partial charge in [0.05, 0.1) is 12.4 Å². The number of fused-ring (bicyclic) bond motifs is 1. The number of carbonyl (C=O) groups excluding carboxylic acids is 1. The van der Waals surface area contributed by atoms with Gasteiger partial charge < -0.3 is 14.9 Å². The minimum atomic E-state index is 0.0474. The van der Waals surface area contributed by atoms with Crippen molar-refractivity contribution in [2.45, 2.75) is 0 Å². The fraction of sp³-hybridized carbons (Fsp3) is 0.160. The highest BCUT2D eigenvalue weighted by Crippen LogP contribution is 2.30. The van der Waals surface area contributed by atoms with Gasteiger partial charge in [-0.15, -0.1) is 0 Å². The summed E-state index contributed by atoms with van der Waals surface area (Å²) in [6, 6.07) is 21.1. The van der Waals surface area contributed by atoms with Crippen LogP contribution < -0.4 is 4.90 Å². The summed E-state index contributed by atoms with van der Waals surface area (Å²) in [5, 5.41) is 19.6. The molecule has 2 heterocycles. The highest BCUT2D eigenvalue weighted by Gasteiger charge is 2.24. The topological polar surface area (TPSA) is 69.6 Å². The summed E-state index contributed by atoms with van der Waals surface area (Å²) in [5.74, 6) is 0.304. The molecule has 1 N–H and O–H groups in total. The van der Waals surface area contributed by atoms with Crippen molar-refractivity contribution in [2.75, 3.05) is 31.1 Å². The molecule has 0 aliphatic carbocycles. The molecule has 0 bridgehead atoms. The van der Waals surface area contributed by atoms with Crippen LogP contribution in [0.3, 0.4) is 0 Å². The fourth-order valence-electron chi connectivity index (χ4n) is 4.23. The zero-order valence-corrected chi connectivity index (χ0v) is 17.0. The molecule has 154 valence electrons. The van der Waals surface area contributed by atoms with Crippen LogP contribution in [0.5, 0.6) is 5.75 Å². The average molecular weight is 410 g/mol. The van der Waals surface area contributed by atoms with E-state index in [-0.39, 0.29) is 11.7 Å². The number of amides is 1. The molecule has 1 amide bonds. The van der Waals surface area contributed by atoms with E-state index >= 15 is 0 Å². The summed E-state index contributed by atoms with van der Waals surface area (Å²) in [6.45, 7) is 2.74. The standard InChI is InChI=1S/C25H22N4O2/c30-20-5-1-4-19(16-20)28-12-14-29(15-13-28)25(31)24-9-3-7-22-21(6-2-8-23(22)24)18-10-11-26-27-17-18/h1-11,16-17,30H,12-15H2. The molecule has 1 fully saturated rings. The van der Waals surface area contributed by atoms with E-state index in [2.05, 4.69) is 15.1 Å². The smallest absolute Gasteiger partial charge is 0.254 e. The van der Waals surface area contributed by atoms with Gasteiger partial charge in [-0.2, -0.15) is 10.2 Å². The van der Waals surface area contributed by atoms with Gasteiger partial charge in [0.1, 0.15) is 5.75 Å². The van der Waals surface area contributed by atoms with Crippen LogP contribution >= 0.6 is 0 Å². The van der Waals surface area contributed by atoms with Gasteiger partial charge in [-0.3, -0.25) is 4.79 Å². The van der Waals surface area contributed by atoms with Crippen LogP contribution in [0.4, 0.5) is 5.69 Å². The number of nitrogens with zero attached hydrogens (tertiary/aromatic N) is 4. The largest absolute Gasteiger partial charge is 0.508 e. The van der Waals surface area contributed by atoms with E-state index in [9.17, 15) is 9.90 Å². The highest BCUT2D eigenvalue weighted by atomic mass is 16.3. The second kappa shape index (κ2) is 8.07. The summed E-state index contributed by atoms with van der Waals surface area (Å²) in [7, 11) is 0. The maximum atomic E-state index is 13.4. The summed E-state index contributed by atoms with van der Waals surface area (Å²) >= 11 is 0. The van der Waals surface area contributed by atoms with Crippen LogP contribution in [0, 0.1) is 0 Å². The first-order valence-electron chi connectivity index (χ1n) is 10.3. The predicted octanol–water partition coefficient (Wildman–Crippen LogP) is 3.96. The Morgan fingerprint density at radius 3 is 2.39 bits per heavy atom. The van der Waals surface area contributed by atoms with Gasteiger partial charge in [-0.05, 0) is 40.6 Å². The zero-order valence-electron chi connectivity index (χ0n) is 17.0. The van der Waals surface area contributed by atoms with E-state index in [1.165, 1.54) is 0 Å². The van der Waals surface area contributed by atoms with Crippen molar-refractivity contribution in [2.24, 2.45) is 0 Å². The van der Waals surface area contributed by atoms with Crippen LogP contribution in [-0.4, -0.2) is 52.3 Å². The Balaban J connectivity index is 1.41. The molecule has 4 aromatic rings. The van der Waals surface area contributed by atoms with Gasteiger partial charge >= 0.3 is 0 Å². The number of aromatic nitrogens is 2. The molecule has 0 unspecified atom stereocenters. The molecule has 3 aromatic carbocycles. The van der Waals surface area contributed by atoms with Gasteiger partial charge in [0.25, 0.3) is 5.91 Å². The molecular weight excluding hydrogens is 388 g/mol. The Bertz CT molecular complexity index is 1230. The predicted molar refractivity (Wildman–Crippen MR) is 121 cm³/mol. The van der Waals surface area contributed by atoms with E-state index in [0.717, 1.165) is 40.7 Å². The van der Waals surface area contributed by atoms with Crippen LogP contribution in [0.1, 0.15) is 10.4 Å². The second-order valence-electron chi connectivity index (χ2n) is 7.64. The van der Waals surface area contributed by atoms with E-state index in [0.29, 0.717) is 18.7 Å². The summed E-state index contributed by atoms with van der Waals surface area (Å²) < 4.78 is 0. The van der Waals surface area contributed by atoms with Gasteiger partial charge in [0, 0.05) is 49.1 Å². The van der Waals surface area contributed by atoms with E-state index in [1.807, 2.05) is 59.5 Å². The SMILES string of the molecule is O=C(c1cccc2c(-c3ccnnc3)cccc12)N1CCN(c2cccc(O)c2)CC1. The molecule has 6 nitrogen and oxygen atoms in total. The normalized spacial score (nSPS) is 14.1. The molecule has 0 spiro atoms. The number of piperazine rings is 1. The summed E-state index contributed by atoms with van der Waals surface area (Å²) in [4.78, 5) is 17.5. The van der Waals surface area contributed by atoms with Crippen molar-refractivity contribution in [3.8, 4) is 16.9 Å². The van der Waals surface area contributed by atoms with Gasteiger partial charge in [-0.1, -0.05) is 36.4 Å². The third-order valence-electron chi connectivity index (χ3n) is 5.81. The quantitative estimate of drug-likeness (QED) is 0.554. The highest BCUT2D eigenvalue weighted by molar-refractivity contribution is 6.10. The minimum Gasteiger partial charge on any atom is -0.508 e. The molecule has 5 rings (SSSR count). The van der Waals surface area contributed by atoms with Gasteiger partial charge in [0.15, 0.2) is 0 Å². The third kappa shape index (κ3) is 3.68. The first kappa shape index (κ1) is 19.1. The number of hydrogen-bond donors (Lipinski definition) is 1. The molecule has 1 aromatic heterocycles. The third-order valence-corrected chi connectivity index (χ3v) is 5.81.